The second-order valence-corrected chi connectivity index (χ2v) is 16.1. The Morgan fingerprint density at radius 2 is 1.81 bits per heavy atom. The zero-order valence-electron chi connectivity index (χ0n) is 34.4. The SMILES string of the molecule is C[C@@H]1COCCN1c1ccn2ncc(C(=O)Nc3cn(C4CCC(COCCCOCCCNc5cccc6c5C(=O)N(C5CCC(=O)NC5=O)C6=O)CC4)nc3C(F)F)c2n1. The van der Waals surface area contributed by atoms with Crippen LogP contribution in [-0.2, 0) is 23.8 Å². The van der Waals surface area contributed by atoms with Gasteiger partial charge in [-0.15, -0.1) is 0 Å². The summed E-state index contributed by atoms with van der Waals surface area (Å²) in [6.07, 6.45) is 6.37. The van der Waals surface area contributed by atoms with Crippen molar-refractivity contribution < 1.29 is 47.0 Å². The maximum atomic E-state index is 14.2. The number of ether oxygens (including phenoxy) is 3. The number of fused-ring (bicyclic) bond motifs is 2. The van der Waals surface area contributed by atoms with Gasteiger partial charge in [-0.25, -0.2) is 18.3 Å². The second kappa shape index (κ2) is 19.0. The fraction of sp³-hybridized carbons (Fsp3) is 0.524. The van der Waals surface area contributed by atoms with Crippen molar-refractivity contribution in [2.24, 2.45) is 5.92 Å². The number of benzene rings is 1. The van der Waals surface area contributed by atoms with Crippen LogP contribution in [0.1, 0.15) is 108 Å². The van der Waals surface area contributed by atoms with Gasteiger partial charge in [0.15, 0.2) is 11.3 Å². The van der Waals surface area contributed by atoms with E-state index in [2.05, 4.69) is 31.0 Å². The molecule has 1 saturated carbocycles. The number of halogens is 2. The monoisotopic (exact) mass is 860 g/mol. The van der Waals surface area contributed by atoms with E-state index in [0.29, 0.717) is 88.6 Å². The molecular weight excluding hydrogens is 811 g/mol. The summed E-state index contributed by atoms with van der Waals surface area (Å²) in [5.41, 5.74) is 0.899. The summed E-state index contributed by atoms with van der Waals surface area (Å²) < 4.78 is 48.7. The summed E-state index contributed by atoms with van der Waals surface area (Å²) >= 11 is 0. The summed E-state index contributed by atoms with van der Waals surface area (Å²) in [4.78, 5) is 71.5. The highest BCUT2D eigenvalue weighted by Crippen LogP contribution is 2.36. The van der Waals surface area contributed by atoms with Crippen LogP contribution >= 0.6 is 0 Å². The molecular formula is C42H50F2N10O8. The van der Waals surface area contributed by atoms with Gasteiger partial charge in [0.1, 0.15) is 17.4 Å². The van der Waals surface area contributed by atoms with Crippen LogP contribution in [0.25, 0.3) is 5.65 Å². The van der Waals surface area contributed by atoms with E-state index in [0.717, 1.165) is 30.6 Å². The minimum atomic E-state index is -2.88. The van der Waals surface area contributed by atoms with Crippen LogP contribution in [0.4, 0.5) is 26.0 Å². The summed E-state index contributed by atoms with van der Waals surface area (Å²) in [7, 11) is 0. The molecule has 0 radical (unpaired) electrons. The van der Waals surface area contributed by atoms with Crippen LogP contribution < -0.4 is 20.9 Å². The van der Waals surface area contributed by atoms with Crippen molar-refractivity contribution in [1.29, 1.82) is 0 Å². The molecule has 0 bridgehead atoms. The largest absolute Gasteiger partial charge is 0.384 e. The zero-order valence-corrected chi connectivity index (χ0v) is 34.4. The summed E-state index contributed by atoms with van der Waals surface area (Å²) in [6.45, 7) is 6.40. The van der Waals surface area contributed by atoms with Crippen LogP contribution in [0, 0.1) is 5.92 Å². The molecule has 1 aromatic carbocycles. The Labute approximate surface area is 355 Å². The molecule has 4 aromatic rings. The van der Waals surface area contributed by atoms with E-state index in [9.17, 15) is 32.8 Å². The van der Waals surface area contributed by atoms with E-state index in [4.69, 9.17) is 19.2 Å². The average Bonchev–Trinajstić information content (AvgIpc) is 3.96. The van der Waals surface area contributed by atoms with Gasteiger partial charge < -0.3 is 29.7 Å². The highest BCUT2D eigenvalue weighted by atomic mass is 19.3. The molecule has 1 unspecified atom stereocenters. The standard InChI is InChI=1S/C42H50F2N10O8/c1-25-23-62-20-16-51(25)33-13-15-52-38(48-33)29(21-46-52)39(56)47-31-22-53(50-36(31)37(43)44)27-9-7-26(8-10-27)24-61-19-4-18-60-17-3-14-45-30-6-2-5-28-35(30)42(59)54(41(28)58)32-11-12-34(55)49-40(32)57/h2,5-6,13,15,21-22,25-27,32,37,45H,3-4,7-12,14,16-20,23-24H2,1H3,(H,47,56)(H,49,55,57)/t25-,26?,27?,32?/m1/s1. The van der Waals surface area contributed by atoms with Crippen molar-refractivity contribution in [3.63, 3.8) is 0 Å². The van der Waals surface area contributed by atoms with Crippen LogP contribution in [0.15, 0.2) is 42.9 Å². The van der Waals surface area contributed by atoms with Gasteiger partial charge in [0.25, 0.3) is 24.1 Å². The van der Waals surface area contributed by atoms with E-state index in [1.54, 1.807) is 29.1 Å². The third-order valence-corrected chi connectivity index (χ3v) is 11.8. The predicted molar refractivity (Wildman–Crippen MR) is 219 cm³/mol. The highest BCUT2D eigenvalue weighted by molar-refractivity contribution is 6.25. The lowest BCUT2D eigenvalue weighted by atomic mass is 9.86. The van der Waals surface area contributed by atoms with Crippen LogP contribution in [0.5, 0.6) is 0 Å². The summed E-state index contributed by atoms with van der Waals surface area (Å²) in [6, 6.07) is 5.76. The van der Waals surface area contributed by atoms with Crippen molar-refractivity contribution in [3.8, 4) is 0 Å². The number of imide groups is 2. The molecule has 18 nitrogen and oxygen atoms in total. The first-order chi connectivity index (χ1) is 30.1. The molecule has 5 amide bonds. The van der Waals surface area contributed by atoms with Gasteiger partial charge in [-0.2, -0.15) is 10.2 Å². The molecule has 3 aliphatic heterocycles. The van der Waals surface area contributed by atoms with Crippen LogP contribution in [0.2, 0.25) is 0 Å². The van der Waals surface area contributed by atoms with Gasteiger partial charge in [0, 0.05) is 64.0 Å². The quantitative estimate of drug-likeness (QED) is 0.0997. The molecule has 4 aliphatic rings. The molecule has 6 heterocycles. The van der Waals surface area contributed by atoms with Gasteiger partial charge in [-0.1, -0.05) is 6.07 Å². The summed E-state index contributed by atoms with van der Waals surface area (Å²) in [5, 5.41) is 16.5. The predicted octanol–water partition coefficient (Wildman–Crippen LogP) is 4.40. The Hall–Kier alpha value is -5.86. The number of carbonyl (C=O) groups is 5. The third kappa shape index (κ3) is 9.17. The molecule has 2 atom stereocenters. The molecule has 8 rings (SSSR count). The average molecular weight is 861 g/mol. The van der Waals surface area contributed by atoms with Crippen molar-refractivity contribution in [2.45, 2.75) is 82.8 Å². The van der Waals surface area contributed by atoms with E-state index < -0.39 is 47.7 Å². The number of piperidine rings is 1. The number of carbonyl (C=O) groups excluding carboxylic acids is 5. The van der Waals surface area contributed by atoms with Gasteiger partial charge in [-0.3, -0.25) is 38.9 Å². The maximum Gasteiger partial charge on any atom is 0.284 e. The van der Waals surface area contributed by atoms with Crippen molar-refractivity contribution in [2.75, 3.05) is 68.3 Å². The highest BCUT2D eigenvalue weighted by Gasteiger charge is 2.45. The molecule has 3 N–H and O–H groups in total. The van der Waals surface area contributed by atoms with E-state index in [-0.39, 0.29) is 47.3 Å². The lowest BCUT2D eigenvalue weighted by molar-refractivity contribution is -0.136. The topological polar surface area (TPSA) is 204 Å². The molecule has 3 fully saturated rings. The van der Waals surface area contributed by atoms with Gasteiger partial charge in [0.05, 0.1) is 48.3 Å². The second-order valence-electron chi connectivity index (χ2n) is 16.1. The number of anilines is 3. The Balaban J connectivity index is 0.730. The van der Waals surface area contributed by atoms with Crippen LogP contribution in [0.3, 0.4) is 0 Å². The fourth-order valence-electron chi connectivity index (χ4n) is 8.54. The van der Waals surface area contributed by atoms with Crippen molar-refractivity contribution in [3.05, 3.63) is 65.2 Å². The first-order valence-corrected chi connectivity index (χ1v) is 21.2. The first-order valence-electron chi connectivity index (χ1n) is 21.2. The number of hydrogen-bond donors (Lipinski definition) is 3. The molecule has 3 aromatic heterocycles. The third-order valence-electron chi connectivity index (χ3n) is 11.8. The lowest BCUT2D eigenvalue weighted by Gasteiger charge is -2.34. The number of morpholine rings is 1. The van der Waals surface area contributed by atoms with Crippen LogP contribution in [-0.4, -0.2) is 124 Å². The van der Waals surface area contributed by atoms with Crippen molar-refractivity contribution >= 4 is 52.4 Å². The number of rotatable bonds is 17. The Bertz CT molecular complexity index is 2310. The molecule has 330 valence electrons. The molecule has 20 heteroatoms. The van der Waals surface area contributed by atoms with Gasteiger partial charge in [-0.05, 0) is 76.0 Å². The van der Waals surface area contributed by atoms with E-state index >= 15 is 0 Å². The Kier molecular flexibility index (Phi) is 13.1. The minimum absolute atomic E-state index is 0.0418. The van der Waals surface area contributed by atoms with Crippen molar-refractivity contribution in [1.82, 2.24) is 34.6 Å². The molecule has 1 aliphatic carbocycles. The Morgan fingerprint density at radius 1 is 1.00 bits per heavy atom. The molecule has 0 spiro atoms. The minimum Gasteiger partial charge on any atom is -0.384 e. The van der Waals surface area contributed by atoms with E-state index in [1.165, 1.54) is 16.9 Å². The Morgan fingerprint density at radius 3 is 2.60 bits per heavy atom. The summed E-state index contributed by atoms with van der Waals surface area (Å²) in [5.74, 6) is -1.78. The molecule has 62 heavy (non-hydrogen) atoms. The number of hydrogen-bond acceptors (Lipinski definition) is 13. The number of alkyl halides is 2. The fourth-order valence-corrected chi connectivity index (χ4v) is 8.54. The lowest BCUT2D eigenvalue weighted by Crippen LogP contribution is -2.54. The van der Waals surface area contributed by atoms with E-state index in [1.807, 2.05) is 13.0 Å². The molecule has 2 saturated heterocycles. The maximum absolute atomic E-state index is 14.2. The smallest absolute Gasteiger partial charge is 0.284 e. The van der Waals surface area contributed by atoms with Gasteiger partial charge >= 0.3 is 0 Å². The first kappa shape index (κ1) is 42.8. The number of nitrogens with zero attached hydrogens (tertiary/aromatic N) is 7. The number of amides is 5. The zero-order chi connectivity index (χ0) is 43.3. The normalized spacial score (nSPS) is 21.8. The number of aromatic nitrogens is 5. The number of nitrogens with one attached hydrogen (secondary N) is 3. The van der Waals surface area contributed by atoms with Gasteiger partial charge in [0.2, 0.25) is 11.8 Å².